The van der Waals surface area contributed by atoms with Crippen LogP contribution in [0.25, 0.3) is 5.69 Å². The van der Waals surface area contributed by atoms with Gasteiger partial charge >= 0.3 is 5.69 Å². The summed E-state index contributed by atoms with van der Waals surface area (Å²) in [6.07, 6.45) is 1.34. The first-order valence-electron chi connectivity index (χ1n) is 4.25. The lowest BCUT2D eigenvalue weighted by molar-refractivity contribution is 0.875. The molecule has 15 heavy (non-hydrogen) atoms. The predicted molar refractivity (Wildman–Crippen MR) is 65.4 cm³/mol. The molecule has 1 aromatic carbocycles. The molecule has 0 fully saturated rings. The first-order valence-corrected chi connectivity index (χ1v) is 5.33. The van der Waals surface area contributed by atoms with Crippen LogP contribution >= 0.6 is 22.6 Å². The molecule has 2 aromatic rings. The number of nitrogens with zero attached hydrogens (tertiary/aromatic N) is 1. The van der Waals surface area contributed by atoms with Gasteiger partial charge in [0.25, 0.3) is 5.56 Å². The molecular weight excluding hydrogens is 307 g/mol. The zero-order chi connectivity index (χ0) is 10.8. The standard InChI is InChI=1S/C10H7IN2O2/c11-7-2-1-3-8(6-7)13-9(14)4-5-12-10(13)15/h1-6H,(H,12,15). The summed E-state index contributed by atoms with van der Waals surface area (Å²) < 4.78 is 2.07. The Labute approximate surface area is 98.7 Å². The third-order valence-corrected chi connectivity index (χ3v) is 2.59. The van der Waals surface area contributed by atoms with Crippen LogP contribution < -0.4 is 11.2 Å². The highest BCUT2D eigenvalue weighted by Crippen LogP contribution is 2.08. The molecule has 1 heterocycles. The summed E-state index contributed by atoms with van der Waals surface area (Å²) in [5.41, 5.74) is -0.181. The van der Waals surface area contributed by atoms with Crippen LogP contribution in [0.1, 0.15) is 0 Å². The maximum atomic E-state index is 11.5. The van der Waals surface area contributed by atoms with Gasteiger partial charge in [0.15, 0.2) is 0 Å². The monoisotopic (exact) mass is 314 g/mol. The van der Waals surface area contributed by atoms with Gasteiger partial charge in [-0.3, -0.25) is 4.79 Å². The normalized spacial score (nSPS) is 10.2. The number of benzene rings is 1. The molecule has 0 aliphatic carbocycles. The number of aromatic nitrogens is 2. The minimum absolute atomic E-state index is 0.333. The van der Waals surface area contributed by atoms with Gasteiger partial charge in [-0.15, -0.1) is 0 Å². The Kier molecular flexibility index (Phi) is 2.72. The van der Waals surface area contributed by atoms with Gasteiger partial charge in [-0.05, 0) is 40.8 Å². The van der Waals surface area contributed by atoms with E-state index in [2.05, 4.69) is 27.6 Å². The zero-order valence-electron chi connectivity index (χ0n) is 7.61. The maximum absolute atomic E-state index is 11.5. The van der Waals surface area contributed by atoms with Crippen molar-refractivity contribution in [2.24, 2.45) is 0 Å². The molecule has 0 radical (unpaired) electrons. The Morgan fingerprint density at radius 3 is 2.67 bits per heavy atom. The maximum Gasteiger partial charge on any atom is 0.332 e. The SMILES string of the molecule is O=c1cc[nH]c(=O)n1-c1cccc(I)c1. The van der Waals surface area contributed by atoms with Crippen molar-refractivity contribution in [3.8, 4) is 5.69 Å². The van der Waals surface area contributed by atoms with E-state index in [0.29, 0.717) is 5.69 Å². The van der Waals surface area contributed by atoms with E-state index in [9.17, 15) is 9.59 Å². The third-order valence-electron chi connectivity index (χ3n) is 1.92. The number of halogens is 1. The summed E-state index contributed by atoms with van der Waals surface area (Å²) >= 11 is 2.13. The fourth-order valence-corrected chi connectivity index (χ4v) is 1.81. The number of nitrogens with one attached hydrogen (secondary N) is 1. The number of rotatable bonds is 1. The minimum Gasteiger partial charge on any atom is -0.314 e. The van der Waals surface area contributed by atoms with Crippen LogP contribution in [0.2, 0.25) is 0 Å². The molecule has 0 aliphatic rings. The molecule has 5 heteroatoms. The van der Waals surface area contributed by atoms with E-state index < -0.39 is 5.69 Å². The fourth-order valence-electron chi connectivity index (χ4n) is 1.28. The summed E-state index contributed by atoms with van der Waals surface area (Å²) in [4.78, 5) is 25.4. The van der Waals surface area contributed by atoms with Crippen LogP contribution in [0.3, 0.4) is 0 Å². The highest BCUT2D eigenvalue weighted by molar-refractivity contribution is 14.1. The first-order chi connectivity index (χ1) is 7.18. The second-order valence-corrected chi connectivity index (χ2v) is 4.18. The summed E-state index contributed by atoms with van der Waals surface area (Å²) in [6, 6.07) is 8.51. The second-order valence-electron chi connectivity index (χ2n) is 2.94. The van der Waals surface area contributed by atoms with E-state index in [1.165, 1.54) is 12.3 Å². The molecule has 0 spiro atoms. The Balaban J connectivity index is 2.75. The molecule has 0 aliphatic heterocycles. The van der Waals surface area contributed by atoms with Gasteiger partial charge in [-0.1, -0.05) is 6.07 Å². The molecule has 0 unspecified atom stereocenters. The Bertz CT molecular complexity index is 572. The summed E-state index contributed by atoms with van der Waals surface area (Å²) in [6.45, 7) is 0. The molecule has 1 N–H and O–H groups in total. The Morgan fingerprint density at radius 1 is 1.20 bits per heavy atom. The van der Waals surface area contributed by atoms with E-state index in [1.807, 2.05) is 6.07 Å². The van der Waals surface area contributed by atoms with Crippen molar-refractivity contribution >= 4 is 22.6 Å². The summed E-state index contributed by atoms with van der Waals surface area (Å²) in [5, 5.41) is 0. The molecule has 0 bridgehead atoms. The van der Waals surface area contributed by atoms with Crippen LogP contribution in [0.4, 0.5) is 0 Å². The molecular formula is C10H7IN2O2. The lowest BCUT2D eigenvalue weighted by Gasteiger charge is -2.03. The molecule has 0 amide bonds. The van der Waals surface area contributed by atoms with E-state index in [-0.39, 0.29) is 5.56 Å². The van der Waals surface area contributed by atoms with Crippen molar-refractivity contribution in [1.29, 1.82) is 0 Å². The molecule has 0 saturated carbocycles. The van der Waals surface area contributed by atoms with Crippen molar-refractivity contribution < 1.29 is 0 Å². The van der Waals surface area contributed by atoms with Gasteiger partial charge in [-0.25, -0.2) is 9.36 Å². The van der Waals surface area contributed by atoms with Crippen molar-refractivity contribution in [3.63, 3.8) is 0 Å². The van der Waals surface area contributed by atoms with Gasteiger partial charge in [0.1, 0.15) is 0 Å². The predicted octanol–water partition coefficient (Wildman–Crippen LogP) is 1.13. The number of H-pyrrole nitrogens is 1. The summed E-state index contributed by atoms with van der Waals surface area (Å²) in [7, 11) is 0. The molecule has 4 nitrogen and oxygen atoms in total. The quantitative estimate of drug-likeness (QED) is 0.802. The van der Waals surface area contributed by atoms with Crippen LogP contribution in [-0.4, -0.2) is 9.55 Å². The molecule has 0 atom stereocenters. The van der Waals surface area contributed by atoms with Gasteiger partial charge in [0, 0.05) is 15.8 Å². The topological polar surface area (TPSA) is 54.9 Å². The van der Waals surface area contributed by atoms with E-state index in [4.69, 9.17) is 0 Å². The van der Waals surface area contributed by atoms with E-state index in [1.54, 1.807) is 18.2 Å². The molecule has 0 saturated heterocycles. The molecule has 2 rings (SSSR count). The van der Waals surface area contributed by atoms with Crippen LogP contribution in [0.15, 0.2) is 46.1 Å². The smallest absolute Gasteiger partial charge is 0.314 e. The van der Waals surface area contributed by atoms with Gasteiger partial charge in [-0.2, -0.15) is 0 Å². The Morgan fingerprint density at radius 2 is 2.00 bits per heavy atom. The first kappa shape index (κ1) is 10.2. The van der Waals surface area contributed by atoms with E-state index >= 15 is 0 Å². The lowest BCUT2D eigenvalue weighted by atomic mass is 10.3. The molecule has 1 aromatic heterocycles. The van der Waals surface area contributed by atoms with E-state index in [0.717, 1.165) is 8.14 Å². The van der Waals surface area contributed by atoms with Crippen molar-refractivity contribution in [1.82, 2.24) is 9.55 Å². The largest absolute Gasteiger partial charge is 0.332 e. The lowest BCUT2D eigenvalue weighted by Crippen LogP contribution is -2.32. The van der Waals surface area contributed by atoms with Crippen LogP contribution in [0.5, 0.6) is 0 Å². The number of hydrogen-bond acceptors (Lipinski definition) is 2. The number of hydrogen-bond donors (Lipinski definition) is 1. The summed E-state index contributed by atoms with van der Waals surface area (Å²) in [5.74, 6) is 0. The van der Waals surface area contributed by atoms with Gasteiger partial charge < -0.3 is 4.98 Å². The number of aromatic amines is 1. The highest BCUT2D eigenvalue weighted by atomic mass is 127. The second kappa shape index (κ2) is 4.01. The minimum atomic E-state index is -0.426. The van der Waals surface area contributed by atoms with Crippen molar-refractivity contribution in [2.75, 3.05) is 0 Å². The average molecular weight is 314 g/mol. The highest BCUT2D eigenvalue weighted by Gasteiger charge is 2.02. The Hall–Kier alpha value is -1.37. The van der Waals surface area contributed by atoms with Gasteiger partial charge in [0.2, 0.25) is 0 Å². The fraction of sp³-hybridized carbons (Fsp3) is 0. The van der Waals surface area contributed by atoms with Crippen LogP contribution in [0, 0.1) is 3.57 Å². The van der Waals surface area contributed by atoms with Crippen molar-refractivity contribution in [2.45, 2.75) is 0 Å². The van der Waals surface area contributed by atoms with Crippen molar-refractivity contribution in [3.05, 3.63) is 60.9 Å². The third kappa shape index (κ3) is 2.01. The van der Waals surface area contributed by atoms with Crippen LogP contribution in [-0.2, 0) is 0 Å². The molecule has 76 valence electrons. The zero-order valence-corrected chi connectivity index (χ0v) is 9.76. The average Bonchev–Trinajstić information content (AvgIpc) is 2.17. The van der Waals surface area contributed by atoms with Gasteiger partial charge in [0.05, 0.1) is 5.69 Å².